The Kier molecular flexibility index (Phi) is 5.80. The summed E-state index contributed by atoms with van der Waals surface area (Å²) < 4.78 is 5.37. The van der Waals surface area contributed by atoms with Crippen molar-refractivity contribution in [1.29, 1.82) is 0 Å². The fraction of sp³-hybridized carbons (Fsp3) is 0.611. The largest absolute Gasteiger partial charge is 0.496 e. The molecule has 0 bridgehead atoms. The first-order valence-corrected chi connectivity index (χ1v) is 8.07. The van der Waals surface area contributed by atoms with Gasteiger partial charge in [-0.05, 0) is 50.4 Å². The Labute approximate surface area is 128 Å². The number of methoxy groups -OCH3 is 1. The molecular formula is C18H27NO2. The van der Waals surface area contributed by atoms with Gasteiger partial charge >= 0.3 is 0 Å². The highest BCUT2D eigenvalue weighted by Crippen LogP contribution is 2.23. The minimum Gasteiger partial charge on any atom is -0.496 e. The lowest BCUT2D eigenvalue weighted by atomic mass is 10.0. The number of ether oxygens (including phenoxy) is 1. The van der Waals surface area contributed by atoms with Crippen molar-refractivity contribution in [2.45, 2.75) is 52.0 Å². The summed E-state index contributed by atoms with van der Waals surface area (Å²) in [4.78, 5) is 15.0. The van der Waals surface area contributed by atoms with Crippen LogP contribution in [0, 0.1) is 6.92 Å². The summed E-state index contributed by atoms with van der Waals surface area (Å²) in [6.45, 7) is 5.79. The van der Waals surface area contributed by atoms with Crippen LogP contribution in [0.3, 0.4) is 0 Å². The van der Waals surface area contributed by atoms with E-state index in [4.69, 9.17) is 4.74 Å². The smallest absolute Gasteiger partial charge is 0.180 e. The number of rotatable bonds is 5. The Hall–Kier alpha value is -1.35. The van der Waals surface area contributed by atoms with Gasteiger partial charge in [0.15, 0.2) is 5.78 Å². The van der Waals surface area contributed by atoms with Crippen LogP contribution in [0.25, 0.3) is 0 Å². The summed E-state index contributed by atoms with van der Waals surface area (Å²) in [5, 5.41) is 0. The molecule has 3 nitrogen and oxygen atoms in total. The van der Waals surface area contributed by atoms with Crippen molar-refractivity contribution in [3.8, 4) is 5.75 Å². The summed E-state index contributed by atoms with van der Waals surface area (Å²) in [5.74, 6) is 0.870. The molecule has 1 fully saturated rings. The number of Topliss-reactive ketones (excluding diaryl/α,β-unsaturated/α-hetero) is 1. The van der Waals surface area contributed by atoms with Crippen molar-refractivity contribution >= 4 is 5.78 Å². The predicted molar refractivity (Wildman–Crippen MR) is 86.2 cm³/mol. The zero-order chi connectivity index (χ0) is 15.2. The van der Waals surface area contributed by atoms with Gasteiger partial charge in [0.1, 0.15) is 5.75 Å². The highest BCUT2D eigenvalue weighted by Gasteiger charge is 2.23. The second-order valence-electron chi connectivity index (χ2n) is 6.01. The molecule has 1 heterocycles. The normalized spacial score (nSPS) is 20.0. The molecule has 0 amide bonds. The third kappa shape index (κ3) is 4.07. The van der Waals surface area contributed by atoms with Crippen LogP contribution in [0.1, 0.15) is 54.9 Å². The number of carbonyl (C=O) groups is 1. The van der Waals surface area contributed by atoms with Gasteiger partial charge in [0.25, 0.3) is 0 Å². The second-order valence-corrected chi connectivity index (χ2v) is 6.01. The van der Waals surface area contributed by atoms with Crippen LogP contribution < -0.4 is 4.74 Å². The third-order valence-corrected chi connectivity index (χ3v) is 4.47. The van der Waals surface area contributed by atoms with E-state index in [1.165, 1.54) is 25.7 Å². The van der Waals surface area contributed by atoms with Gasteiger partial charge in [0, 0.05) is 6.04 Å². The van der Waals surface area contributed by atoms with Gasteiger partial charge in [-0.2, -0.15) is 0 Å². The van der Waals surface area contributed by atoms with Crippen LogP contribution in [0.4, 0.5) is 0 Å². The van der Waals surface area contributed by atoms with Gasteiger partial charge in [0.05, 0.1) is 19.2 Å². The highest BCUT2D eigenvalue weighted by atomic mass is 16.5. The van der Waals surface area contributed by atoms with E-state index in [0.29, 0.717) is 23.9 Å². The Balaban J connectivity index is 2.12. The number of ketones is 1. The van der Waals surface area contributed by atoms with Crippen LogP contribution >= 0.6 is 0 Å². The van der Waals surface area contributed by atoms with Crippen LogP contribution in [-0.4, -0.2) is 36.9 Å². The molecule has 0 spiro atoms. The zero-order valence-corrected chi connectivity index (χ0v) is 13.5. The molecule has 1 saturated heterocycles. The number of hydrogen-bond donors (Lipinski definition) is 0. The van der Waals surface area contributed by atoms with E-state index in [1.54, 1.807) is 7.11 Å². The molecule has 1 aliphatic heterocycles. The SMILES string of the molecule is CCC1CCCCCN1CC(=O)c1ccc(C)cc1OC. The Morgan fingerprint density at radius 1 is 1.33 bits per heavy atom. The van der Waals surface area contributed by atoms with Crippen molar-refractivity contribution < 1.29 is 9.53 Å². The molecule has 1 aliphatic rings. The van der Waals surface area contributed by atoms with E-state index in [0.717, 1.165) is 18.5 Å². The fourth-order valence-corrected chi connectivity index (χ4v) is 3.21. The van der Waals surface area contributed by atoms with Crippen molar-refractivity contribution in [2.75, 3.05) is 20.2 Å². The molecule has 0 aromatic heterocycles. The highest BCUT2D eigenvalue weighted by molar-refractivity contribution is 6.00. The van der Waals surface area contributed by atoms with E-state index < -0.39 is 0 Å². The molecule has 0 aliphatic carbocycles. The van der Waals surface area contributed by atoms with Crippen LogP contribution in [0.15, 0.2) is 18.2 Å². The zero-order valence-electron chi connectivity index (χ0n) is 13.5. The van der Waals surface area contributed by atoms with Crippen LogP contribution in [0.5, 0.6) is 5.75 Å². The molecular weight excluding hydrogens is 262 g/mol. The first-order chi connectivity index (χ1) is 10.2. The van der Waals surface area contributed by atoms with E-state index in [1.807, 2.05) is 25.1 Å². The van der Waals surface area contributed by atoms with Gasteiger partial charge in [0.2, 0.25) is 0 Å². The topological polar surface area (TPSA) is 29.5 Å². The van der Waals surface area contributed by atoms with Gasteiger partial charge in [-0.1, -0.05) is 25.8 Å². The summed E-state index contributed by atoms with van der Waals surface area (Å²) in [5.41, 5.74) is 1.83. The summed E-state index contributed by atoms with van der Waals surface area (Å²) in [6, 6.07) is 6.37. The van der Waals surface area contributed by atoms with Crippen LogP contribution in [0.2, 0.25) is 0 Å². The summed E-state index contributed by atoms with van der Waals surface area (Å²) in [7, 11) is 1.63. The second kappa shape index (κ2) is 7.60. The first-order valence-electron chi connectivity index (χ1n) is 8.07. The number of nitrogens with zero attached hydrogens (tertiary/aromatic N) is 1. The van der Waals surface area contributed by atoms with Crippen molar-refractivity contribution in [3.05, 3.63) is 29.3 Å². The molecule has 116 valence electrons. The van der Waals surface area contributed by atoms with E-state index in [2.05, 4.69) is 11.8 Å². The maximum absolute atomic E-state index is 12.7. The molecule has 1 aromatic rings. The molecule has 0 saturated carbocycles. The minimum absolute atomic E-state index is 0.173. The Morgan fingerprint density at radius 2 is 2.14 bits per heavy atom. The lowest BCUT2D eigenvalue weighted by Gasteiger charge is -2.28. The number of benzene rings is 1. The average Bonchev–Trinajstić information content (AvgIpc) is 2.71. The fourth-order valence-electron chi connectivity index (χ4n) is 3.21. The third-order valence-electron chi connectivity index (χ3n) is 4.47. The molecule has 1 unspecified atom stereocenters. The van der Waals surface area contributed by atoms with Gasteiger partial charge in [-0.25, -0.2) is 0 Å². The summed E-state index contributed by atoms with van der Waals surface area (Å²) >= 11 is 0. The molecule has 0 radical (unpaired) electrons. The number of hydrogen-bond acceptors (Lipinski definition) is 3. The minimum atomic E-state index is 0.173. The monoisotopic (exact) mass is 289 g/mol. The molecule has 1 aromatic carbocycles. The number of likely N-dealkylation sites (tertiary alicyclic amines) is 1. The maximum atomic E-state index is 12.7. The van der Waals surface area contributed by atoms with Gasteiger partial charge < -0.3 is 4.74 Å². The molecule has 3 heteroatoms. The van der Waals surface area contributed by atoms with Gasteiger partial charge in [-0.15, -0.1) is 0 Å². The molecule has 21 heavy (non-hydrogen) atoms. The maximum Gasteiger partial charge on any atom is 0.180 e. The lowest BCUT2D eigenvalue weighted by Crippen LogP contribution is -2.38. The first kappa shape index (κ1) is 16.0. The van der Waals surface area contributed by atoms with Crippen LogP contribution in [-0.2, 0) is 0 Å². The molecule has 2 rings (SSSR count). The lowest BCUT2D eigenvalue weighted by molar-refractivity contribution is 0.0887. The molecule has 0 N–H and O–H groups in total. The molecule has 1 atom stereocenters. The number of carbonyl (C=O) groups excluding carboxylic acids is 1. The van der Waals surface area contributed by atoms with E-state index >= 15 is 0 Å². The quantitative estimate of drug-likeness (QED) is 0.771. The van der Waals surface area contributed by atoms with Crippen molar-refractivity contribution in [2.24, 2.45) is 0 Å². The summed E-state index contributed by atoms with van der Waals surface area (Å²) in [6.07, 6.45) is 6.12. The average molecular weight is 289 g/mol. The van der Waals surface area contributed by atoms with Gasteiger partial charge in [-0.3, -0.25) is 9.69 Å². The Bertz CT molecular complexity index is 484. The van der Waals surface area contributed by atoms with E-state index in [9.17, 15) is 4.79 Å². The van der Waals surface area contributed by atoms with E-state index in [-0.39, 0.29) is 5.78 Å². The standard InChI is InChI=1S/C18H27NO2/c1-4-15-8-6-5-7-11-19(15)13-17(20)16-10-9-14(2)12-18(16)21-3/h9-10,12,15H,4-8,11,13H2,1-3H3. The predicted octanol–water partition coefficient (Wildman–Crippen LogP) is 3.84. The van der Waals surface area contributed by atoms with Crippen molar-refractivity contribution in [1.82, 2.24) is 4.90 Å². The number of aryl methyl sites for hydroxylation is 1. The Morgan fingerprint density at radius 3 is 2.86 bits per heavy atom. The van der Waals surface area contributed by atoms with Crippen molar-refractivity contribution in [3.63, 3.8) is 0 Å².